The van der Waals surface area contributed by atoms with E-state index in [-0.39, 0.29) is 5.75 Å². The van der Waals surface area contributed by atoms with E-state index in [0.29, 0.717) is 30.1 Å². The minimum absolute atomic E-state index is 0.0298. The number of nitrogens with zero attached hydrogens (tertiary/aromatic N) is 2. The van der Waals surface area contributed by atoms with Crippen LogP contribution in [0.2, 0.25) is 0 Å². The summed E-state index contributed by atoms with van der Waals surface area (Å²) < 4.78 is 27.5. The van der Waals surface area contributed by atoms with Gasteiger partial charge in [-0.15, -0.1) is 0 Å². The maximum atomic E-state index is 12.3. The second-order valence-electron chi connectivity index (χ2n) is 8.31. The molecule has 1 heterocycles. The zero-order chi connectivity index (χ0) is 21.7. The summed E-state index contributed by atoms with van der Waals surface area (Å²) in [7, 11) is -3.31. The van der Waals surface area contributed by atoms with Crippen LogP contribution in [0.4, 0.5) is 11.8 Å². The van der Waals surface area contributed by atoms with E-state index >= 15 is 0 Å². The summed E-state index contributed by atoms with van der Waals surface area (Å²) in [6, 6.07) is 17.0. The van der Waals surface area contributed by atoms with Crippen molar-refractivity contribution >= 4 is 32.7 Å². The average Bonchev–Trinajstić information content (AvgIpc) is 2.77. The second kappa shape index (κ2) is 9.62. The summed E-state index contributed by atoms with van der Waals surface area (Å²) in [6.07, 6.45) is 4.14. The van der Waals surface area contributed by atoms with Crippen LogP contribution in [0.25, 0.3) is 10.9 Å². The smallest absolute Gasteiger partial charge is 0.225 e. The van der Waals surface area contributed by atoms with Gasteiger partial charge < -0.3 is 11.1 Å². The van der Waals surface area contributed by atoms with Crippen molar-refractivity contribution in [2.45, 2.75) is 31.4 Å². The van der Waals surface area contributed by atoms with Gasteiger partial charge in [0.2, 0.25) is 16.0 Å². The van der Waals surface area contributed by atoms with Crippen LogP contribution in [0.1, 0.15) is 31.2 Å². The Balaban J connectivity index is 1.22. The second-order valence-corrected chi connectivity index (χ2v) is 10.1. The summed E-state index contributed by atoms with van der Waals surface area (Å²) in [6.45, 7) is 1.31. The fourth-order valence-electron chi connectivity index (χ4n) is 4.15. The van der Waals surface area contributed by atoms with E-state index in [2.05, 4.69) is 20.0 Å². The number of sulfonamides is 1. The Morgan fingerprint density at radius 2 is 1.52 bits per heavy atom. The van der Waals surface area contributed by atoms with Crippen molar-refractivity contribution < 1.29 is 8.42 Å². The lowest BCUT2D eigenvalue weighted by Crippen LogP contribution is -2.33. The number of benzene rings is 2. The first-order valence-electron chi connectivity index (χ1n) is 10.8. The first kappa shape index (κ1) is 21.5. The van der Waals surface area contributed by atoms with Crippen molar-refractivity contribution in [3.63, 3.8) is 0 Å². The number of para-hydroxylation sites is 1. The number of hydrogen-bond acceptors (Lipinski definition) is 6. The predicted octanol–water partition coefficient (Wildman–Crippen LogP) is 3.55. The van der Waals surface area contributed by atoms with Crippen molar-refractivity contribution in [3.05, 3.63) is 60.2 Å². The van der Waals surface area contributed by atoms with Gasteiger partial charge in [0.15, 0.2) is 0 Å². The number of nitrogens with one attached hydrogen (secondary N) is 2. The van der Waals surface area contributed by atoms with Gasteiger partial charge in [-0.05, 0) is 55.2 Å². The zero-order valence-corrected chi connectivity index (χ0v) is 18.3. The SMILES string of the molecule is Nc1nc(NC[C@H]2CC[C@H](CNS(=O)(=O)Cc3ccccc3)CC2)nc2ccccc12. The topological polar surface area (TPSA) is 110 Å². The molecule has 4 rings (SSSR count). The average molecular weight is 440 g/mol. The van der Waals surface area contributed by atoms with E-state index in [0.717, 1.165) is 48.7 Å². The largest absolute Gasteiger partial charge is 0.383 e. The molecule has 4 N–H and O–H groups in total. The molecule has 1 aliphatic rings. The van der Waals surface area contributed by atoms with Gasteiger partial charge >= 0.3 is 0 Å². The van der Waals surface area contributed by atoms with Crippen LogP contribution >= 0.6 is 0 Å². The predicted molar refractivity (Wildman–Crippen MR) is 125 cm³/mol. The Labute approximate surface area is 183 Å². The molecular formula is C23H29N5O2S. The Morgan fingerprint density at radius 1 is 0.871 bits per heavy atom. The van der Waals surface area contributed by atoms with Crippen LogP contribution in [0.15, 0.2) is 54.6 Å². The molecule has 0 spiro atoms. The molecule has 0 bridgehead atoms. The maximum absolute atomic E-state index is 12.3. The molecule has 0 unspecified atom stereocenters. The highest BCUT2D eigenvalue weighted by atomic mass is 32.2. The van der Waals surface area contributed by atoms with Crippen LogP contribution in [0, 0.1) is 11.8 Å². The van der Waals surface area contributed by atoms with Crippen LogP contribution in [0.5, 0.6) is 0 Å². The number of fused-ring (bicyclic) bond motifs is 1. The van der Waals surface area contributed by atoms with Gasteiger partial charge in [0.1, 0.15) is 5.82 Å². The molecule has 1 aromatic heterocycles. The number of nitrogens with two attached hydrogens (primary N) is 1. The van der Waals surface area contributed by atoms with Crippen LogP contribution in [0.3, 0.4) is 0 Å². The molecule has 2 aromatic carbocycles. The van der Waals surface area contributed by atoms with Gasteiger partial charge in [-0.3, -0.25) is 0 Å². The molecule has 8 heteroatoms. The Hall–Kier alpha value is -2.71. The van der Waals surface area contributed by atoms with Crippen molar-refractivity contribution in [1.29, 1.82) is 0 Å². The van der Waals surface area contributed by atoms with Gasteiger partial charge in [0.25, 0.3) is 0 Å². The number of nitrogen functional groups attached to an aromatic ring is 1. The summed E-state index contributed by atoms with van der Waals surface area (Å²) in [5, 5.41) is 4.20. The molecule has 3 aromatic rings. The summed E-state index contributed by atoms with van der Waals surface area (Å²) in [5.41, 5.74) is 7.70. The van der Waals surface area contributed by atoms with Gasteiger partial charge in [-0.2, -0.15) is 4.98 Å². The molecule has 1 aliphatic carbocycles. The van der Waals surface area contributed by atoms with Gasteiger partial charge in [-0.25, -0.2) is 18.1 Å². The lowest BCUT2D eigenvalue weighted by Gasteiger charge is -2.28. The zero-order valence-electron chi connectivity index (χ0n) is 17.5. The van der Waals surface area contributed by atoms with E-state index in [1.165, 1.54) is 0 Å². The monoisotopic (exact) mass is 439 g/mol. The lowest BCUT2D eigenvalue weighted by atomic mass is 9.82. The Kier molecular flexibility index (Phi) is 6.67. The fourth-order valence-corrected chi connectivity index (χ4v) is 5.37. The first-order chi connectivity index (χ1) is 15.0. The van der Waals surface area contributed by atoms with E-state index in [9.17, 15) is 8.42 Å². The quantitative estimate of drug-likeness (QED) is 0.495. The highest BCUT2D eigenvalue weighted by Crippen LogP contribution is 2.29. The maximum Gasteiger partial charge on any atom is 0.225 e. The minimum atomic E-state index is -3.31. The summed E-state index contributed by atoms with van der Waals surface area (Å²) in [4.78, 5) is 8.92. The van der Waals surface area contributed by atoms with Crippen molar-refractivity contribution in [2.75, 3.05) is 24.1 Å². The first-order valence-corrected chi connectivity index (χ1v) is 12.4. The molecule has 164 valence electrons. The molecule has 0 saturated heterocycles. The number of hydrogen-bond donors (Lipinski definition) is 3. The molecule has 0 atom stereocenters. The van der Waals surface area contributed by atoms with Crippen LogP contribution in [-0.2, 0) is 15.8 Å². The third-order valence-electron chi connectivity index (χ3n) is 5.94. The third kappa shape index (κ3) is 5.92. The Bertz CT molecular complexity index is 1110. The molecule has 1 fully saturated rings. The summed E-state index contributed by atoms with van der Waals surface area (Å²) in [5.74, 6) is 1.98. The van der Waals surface area contributed by atoms with E-state index in [1.807, 2.05) is 54.6 Å². The highest BCUT2D eigenvalue weighted by molar-refractivity contribution is 7.88. The van der Waals surface area contributed by atoms with Crippen molar-refractivity contribution in [2.24, 2.45) is 11.8 Å². The normalized spacial score (nSPS) is 19.4. The van der Waals surface area contributed by atoms with Crippen LogP contribution in [-0.4, -0.2) is 31.5 Å². The molecular weight excluding hydrogens is 410 g/mol. The van der Waals surface area contributed by atoms with E-state index in [4.69, 9.17) is 5.73 Å². The number of anilines is 2. The third-order valence-corrected chi connectivity index (χ3v) is 7.26. The fraction of sp³-hybridized carbons (Fsp3) is 0.391. The molecule has 7 nitrogen and oxygen atoms in total. The summed E-state index contributed by atoms with van der Waals surface area (Å²) >= 11 is 0. The standard InChI is InChI=1S/C23H29N5O2S/c24-22-20-8-4-5-9-21(20)27-23(28-22)25-14-17-10-12-18(13-11-17)15-26-31(29,30)16-19-6-2-1-3-7-19/h1-9,17-18,26H,10-16H2,(H3,24,25,27,28)/t17-,18-. The van der Waals surface area contributed by atoms with Gasteiger partial charge in [0.05, 0.1) is 11.3 Å². The molecule has 1 saturated carbocycles. The van der Waals surface area contributed by atoms with Gasteiger partial charge in [0, 0.05) is 18.5 Å². The highest BCUT2D eigenvalue weighted by Gasteiger charge is 2.23. The van der Waals surface area contributed by atoms with Crippen molar-refractivity contribution in [3.8, 4) is 0 Å². The molecule has 0 aliphatic heterocycles. The number of aromatic nitrogens is 2. The van der Waals surface area contributed by atoms with E-state index < -0.39 is 10.0 Å². The number of rotatable bonds is 8. The van der Waals surface area contributed by atoms with E-state index in [1.54, 1.807) is 0 Å². The lowest BCUT2D eigenvalue weighted by molar-refractivity contribution is 0.284. The molecule has 0 radical (unpaired) electrons. The Morgan fingerprint density at radius 3 is 2.26 bits per heavy atom. The molecule has 31 heavy (non-hydrogen) atoms. The van der Waals surface area contributed by atoms with Gasteiger partial charge in [-0.1, -0.05) is 42.5 Å². The van der Waals surface area contributed by atoms with Crippen molar-refractivity contribution in [1.82, 2.24) is 14.7 Å². The molecule has 0 amide bonds. The minimum Gasteiger partial charge on any atom is -0.383 e. The van der Waals surface area contributed by atoms with Crippen LogP contribution < -0.4 is 15.8 Å².